The largest absolute Gasteiger partial charge is 0.350 e. The molecule has 1 N–H and O–H groups in total. The molecule has 0 radical (unpaired) electrons. The van der Waals surface area contributed by atoms with Crippen molar-refractivity contribution in [2.75, 3.05) is 0 Å². The molecule has 0 aromatic carbocycles. The molecule has 0 saturated carbocycles. The van der Waals surface area contributed by atoms with E-state index in [1.807, 2.05) is 6.07 Å². The van der Waals surface area contributed by atoms with Gasteiger partial charge in [0.2, 0.25) is 0 Å². The maximum Gasteiger partial charge on any atom is 0.103 e. The fourth-order valence-corrected chi connectivity index (χ4v) is 2.02. The van der Waals surface area contributed by atoms with Crippen molar-refractivity contribution in [1.29, 1.82) is 0 Å². The smallest absolute Gasteiger partial charge is 0.103 e. The first-order valence-corrected chi connectivity index (χ1v) is 4.87. The number of rotatable bonds is 0. The lowest BCUT2D eigenvalue weighted by molar-refractivity contribution is 0.493. The van der Waals surface area contributed by atoms with Gasteiger partial charge in [-0.1, -0.05) is 25.2 Å². The Labute approximate surface area is 77.8 Å². The number of pyridine rings is 1. The number of hydrogen-bond acceptors (Lipinski definition) is 1. The maximum absolute atomic E-state index is 5.07. The maximum atomic E-state index is 5.07. The second-order valence-corrected chi connectivity index (χ2v) is 4.11. The van der Waals surface area contributed by atoms with Crippen molar-refractivity contribution in [3.05, 3.63) is 28.0 Å². The molecule has 12 heavy (non-hydrogen) atoms. The first kappa shape index (κ1) is 7.99. The number of aryl methyl sites for hydroxylation is 1. The lowest BCUT2D eigenvalue weighted by Crippen LogP contribution is -2.12. The summed E-state index contributed by atoms with van der Waals surface area (Å²) in [5, 5.41) is 0. The number of aromatic amines is 1. The van der Waals surface area contributed by atoms with E-state index in [-0.39, 0.29) is 0 Å². The highest BCUT2D eigenvalue weighted by Crippen LogP contribution is 2.23. The molecule has 0 fully saturated rings. The van der Waals surface area contributed by atoms with Crippen LogP contribution in [0.1, 0.15) is 24.6 Å². The molecule has 2 heteroatoms. The summed E-state index contributed by atoms with van der Waals surface area (Å²) in [5.74, 6) is 0.835. The third-order valence-corrected chi connectivity index (χ3v) is 2.79. The molecule has 1 unspecified atom stereocenters. The van der Waals surface area contributed by atoms with Crippen LogP contribution >= 0.6 is 12.2 Å². The zero-order valence-corrected chi connectivity index (χ0v) is 8.08. The van der Waals surface area contributed by atoms with E-state index in [9.17, 15) is 0 Å². The minimum atomic E-state index is 0.835. The van der Waals surface area contributed by atoms with Gasteiger partial charge in [0, 0.05) is 5.69 Å². The number of fused-ring (bicyclic) bond motifs is 1. The predicted molar refractivity (Wildman–Crippen MR) is 52.8 cm³/mol. The molecule has 1 aromatic heterocycles. The van der Waals surface area contributed by atoms with Gasteiger partial charge >= 0.3 is 0 Å². The van der Waals surface area contributed by atoms with Gasteiger partial charge < -0.3 is 4.98 Å². The molecule has 1 nitrogen and oxygen atoms in total. The molecule has 1 aliphatic rings. The van der Waals surface area contributed by atoms with Crippen LogP contribution in [0.15, 0.2) is 12.1 Å². The quantitative estimate of drug-likeness (QED) is 0.605. The van der Waals surface area contributed by atoms with Crippen LogP contribution in [0.3, 0.4) is 0 Å². The highest BCUT2D eigenvalue weighted by molar-refractivity contribution is 7.71. The van der Waals surface area contributed by atoms with Gasteiger partial charge in [-0.05, 0) is 36.8 Å². The van der Waals surface area contributed by atoms with Crippen LogP contribution in [-0.4, -0.2) is 4.98 Å². The summed E-state index contributed by atoms with van der Waals surface area (Å²) >= 11 is 5.07. The number of aromatic nitrogens is 1. The monoisotopic (exact) mass is 179 g/mol. The average molecular weight is 179 g/mol. The molecule has 0 aliphatic heterocycles. The Morgan fingerprint density at radius 2 is 2.33 bits per heavy atom. The summed E-state index contributed by atoms with van der Waals surface area (Å²) < 4.78 is 0.864. The number of nitrogens with one attached hydrogen (secondary N) is 1. The van der Waals surface area contributed by atoms with Crippen molar-refractivity contribution in [2.45, 2.75) is 26.2 Å². The molecule has 64 valence electrons. The summed E-state index contributed by atoms with van der Waals surface area (Å²) in [5.41, 5.74) is 2.82. The third kappa shape index (κ3) is 1.44. The van der Waals surface area contributed by atoms with Gasteiger partial charge in [0.1, 0.15) is 4.64 Å². The topological polar surface area (TPSA) is 15.8 Å². The Bertz CT molecular complexity index is 340. The van der Waals surface area contributed by atoms with Crippen LogP contribution < -0.4 is 0 Å². The van der Waals surface area contributed by atoms with Crippen LogP contribution in [0.2, 0.25) is 0 Å². The lowest BCUT2D eigenvalue weighted by atomic mass is 9.88. The number of H-pyrrole nitrogens is 1. The minimum absolute atomic E-state index is 0.835. The van der Waals surface area contributed by atoms with Crippen LogP contribution in [0.25, 0.3) is 0 Å². The van der Waals surface area contributed by atoms with Gasteiger partial charge in [-0.15, -0.1) is 0 Å². The minimum Gasteiger partial charge on any atom is -0.350 e. The van der Waals surface area contributed by atoms with Crippen molar-refractivity contribution >= 4 is 12.2 Å². The molecular weight excluding hydrogens is 166 g/mol. The Hall–Kier alpha value is -0.630. The molecule has 1 atom stereocenters. The van der Waals surface area contributed by atoms with Crippen LogP contribution in [0.5, 0.6) is 0 Å². The first-order chi connectivity index (χ1) is 5.75. The Kier molecular flexibility index (Phi) is 2.01. The van der Waals surface area contributed by atoms with Gasteiger partial charge in [0.25, 0.3) is 0 Å². The summed E-state index contributed by atoms with van der Waals surface area (Å²) in [6.45, 7) is 2.31. The average Bonchev–Trinajstić information content (AvgIpc) is 2.05. The zero-order chi connectivity index (χ0) is 8.55. The van der Waals surface area contributed by atoms with E-state index in [4.69, 9.17) is 12.2 Å². The van der Waals surface area contributed by atoms with Gasteiger partial charge in [-0.25, -0.2) is 0 Å². The van der Waals surface area contributed by atoms with Crippen LogP contribution in [0, 0.1) is 10.6 Å². The van der Waals surface area contributed by atoms with Crippen molar-refractivity contribution in [1.82, 2.24) is 4.98 Å². The van der Waals surface area contributed by atoms with E-state index in [2.05, 4.69) is 18.0 Å². The summed E-state index contributed by atoms with van der Waals surface area (Å²) in [4.78, 5) is 3.26. The van der Waals surface area contributed by atoms with Gasteiger partial charge in [-0.3, -0.25) is 0 Å². The molecule has 2 rings (SSSR count). The lowest BCUT2D eigenvalue weighted by Gasteiger charge is -2.20. The van der Waals surface area contributed by atoms with E-state index < -0.39 is 0 Å². The molecule has 0 spiro atoms. The normalized spacial score (nSPS) is 21.9. The first-order valence-electron chi connectivity index (χ1n) is 4.47. The third-order valence-electron chi connectivity index (χ3n) is 2.55. The Morgan fingerprint density at radius 3 is 3.17 bits per heavy atom. The number of hydrogen-bond donors (Lipinski definition) is 1. The van der Waals surface area contributed by atoms with Gasteiger partial charge in [0.15, 0.2) is 0 Å². The summed E-state index contributed by atoms with van der Waals surface area (Å²) in [6.07, 6.45) is 3.67. The second kappa shape index (κ2) is 3.02. The van der Waals surface area contributed by atoms with Crippen LogP contribution in [0.4, 0.5) is 0 Å². The SMILES string of the molecule is CC1CCc2[nH]c(=S)ccc2C1. The van der Waals surface area contributed by atoms with Gasteiger partial charge in [-0.2, -0.15) is 0 Å². The highest BCUT2D eigenvalue weighted by atomic mass is 32.1. The molecule has 1 heterocycles. The van der Waals surface area contributed by atoms with Crippen molar-refractivity contribution in [2.24, 2.45) is 5.92 Å². The summed E-state index contributed by atoms with van der Waals surface area (Å²) in [6, 6.07) is 4.16. The second-order valence-electron chi connectivity index (χ2n) is 3.67. The van der Waals surface area contributed by atoms with E-state index in [0.29, 0.717) is 0 Å². The highest BCUT2D eigenvalue weighted by Gasteiger charge is 2.14. The van der Waals surface area contributed by atoms with E-state index >= 15 is 0 Å². The Balaban J connectivity index is 2.43. The molecule has 0 saturated heterocycles. The van der Waals surface area contributed by atoms with Crippen LogP contribution in [-0.2, 0) is 12.8 Å². The Morgan fingerprint density at radius 1 is 1.50 bits per heavy atom. The van der Waals surface area contributed by atoms with Crippen molar-refractivity contribution in [3.63, 3.8) is 0 Å². The fourth-order valence-electron chi connectivity index (χ4n) is 1.83. The fraction of sp³-hybridized carbons (Fsp3) is 0.500. The zero-order valence-electron chi connectivity index (χ0n) is 7.26. The van der Waals surface area contributed by atoms with Crippen molar-refractivity contribution in [3.8, 4) is 0 Å². The van der Waals surface area contributed by atoms with E-state index in [1.54, 1.807) is 0 Å². The molecule has 1 aromatic rings. The summed E-state index contributed by atoms with van der Waals surface area (Å²) in [7, 11) is 0. The molecule has 0 amide bonds. The van der Waals surface area contributed by atoms with E-state index in [1.165, 1.54) is 30.5 Å². The standard InChI is InChI=1S/C10H13NS/c1-7-2-4-9-8(6-7)3-5-10(12)11-9/h3,5,7H,2,4,6H2,1H3,(H,11,12). The predicted octanol–water partition coefficient (Wildman–Crippen LogP) is 2.87. The molecular formula is C10H13NS. The van der Waals surface area contributed by atoms with Crippen molar-refractivity contribution < 1.29 is 0 Å². The van der Waals surface area contributed by atoms with Gasteiger partial charge in [0.05, 0.1) is 0 Å². The molecule has 0 bridgehead atoms. The van der Waals surface area contributed by atoms with E-state index in [0.717, 1.165) is 10.6 Å². The molecule has 1 aliphatic carbocycles.